The lowest BCUT2D eigenvalue weighted by Crippen LogP contribution is -2.09. The van der Waals surface area contributed by atoms with Gasteiger partial charge in [0.1, 0.15) is 5.75 Å². The van der Waals surface area contributed by atoms with E-state index in [1.807, 2.05) is 0 Å². The van der Waals surface area contributed by atoms with Crippen molar-refractivity contribution >= 4 is 13.8 Å². The molecule has 0 fully saturated rings. The molecular weight excluding hydrogens is 271 g/mol. The largest absolute Gasteiger partial charge is 0.566 e. The van der Waals surface area contributed by atoms with Crippen LogP contribution in [0.2, 0.25) is 0 Å². The molecule has 104 valence electrons. The Morgan fingerprint density at radius 2 is 1.95 bits per heavy atom. The van der Waals surface area contributed by atoms with Gasteiger partial charge in [0, 0.05) is 5.57 Å². The van der Waals surface area contributed by atoms with Crippen LogP contribution in [0.3, 0.4) is 0 Å². The van der Waals surface area contributed by atoms with Gasteiger partial charge in [-0.05, 0) is 26.0 Å². The van der Waals surface area contributed by atoms with Crippen LogP contribution in [-0.2, 0) is 23.4 Å². The molecule has 1 rings (SSSR count). The van der Waals surface area contributed by atoms with Gasteiger partial charge in [-0.2, -0.15) is 0 Å². The van der Waals surface area contributed by atoms with Crippen molar-refractivity contribution in [2.24, 2.45) is 0 Å². The second-order valence-corrected chi connectivity index (χ2v) is 4.98. The van der Waals surface area contributed by atoms with Crippen LogP contribution in [0, 0.1) is 0 Å². The molecule has 0 spiro atoms. The van der Waals surface area contributed by atoms with Crippen molar-refractivity contribution in [2.45, 2.75) is 13.8 Å². The molecule has 0 aliphatic heterocycles. The highest BCUT2D eigenvalue weighted by atomic mass is 31.2. The number of hydrogen-bond acceptors (Lipinski definition) is 6. The second-order valence-electron chi connectivity index (χ2n) is 3.49. The van der Waals surface area contributed by atoms with Gasteiger partial charge in [0.05, 0.1) is 6.61 Å². The van der Waals surface area contributed by atoms with E-state index in [9.17, 15) is 9.36 Å². The van der Waals surface area contributed by atoms with Gasteiger partial charge in [-0.3, -0.25) is 9.41 Å². The smallest absolute Gasteiger partial charge is 0.402 e. The van der Waals surface area contributed by atoms with E-state index in [1.54, 1.807) is 37.3 Å². The summed E-state index contributed by atoms with van der Waals surface area (Å²) in [5.74, 6) is -0.581. The molecule has 6 nitrogen and oxygen atoms in total. The summed E-state index contributed by atoms with van der Waals surface area (Å²) in [6.45, 7) is 6.45. The van der Waals surface area contributed by atoms with Gasteiger partial charge in [0.25, 0.3) is 0 Å². The van der Waals surface area contributed by atoms with Gasteiger partial charge in [0.2, 0.25) is 0 Å². The first-order valence-electron chi connectivity index (χ1n) is 5.52. The van der Waals surface area contributed by atoms with Crippen LogP contribution < -0.4 is 4.52 Å². The Morgan fingerprint density at radius 1 is 1.32 bits per heavy atom. The molecule has 0 saturated carbocycles. The van der Waals surface area contributed by atoms with E-state index in [1.165, 1.54) is 6.92 Å². The van der Waals surface area contributed by atoms with Gasteiger partial charge in [-0.15, -0.1) is 0 Å². The Labute approximate surface area is 111 Å². The monoisotopic (exact) mass is 286 g/mol. The van der Waals surface area contributed by atoms with Crippen LogP contribution in [-0.4, -0.2) is 12.6 Å². The fraction of sp³-hybridized carbons (Fsp3) is 0.250. The van der Waals surface area contributed by atoms with E-state index in [-0.39, 0.29) is 17.9 Å². The van der Waals surface area contributed by atoms with E-state index in [0.29, 0.717) is 0 Å². The average molecular weight is 286 g/mol. The number of phosphoric ester groups is 1. The minimum Gasteiger partial charge on any atom is -0.402 e. The van der Waals surface area contributed by atoms with Crippen molar-refractivity contribution in [2.75, 3.05) is 6.61 Å². The summed E-state index contributed by atoms with van der Waals surface area (Å²) in [7, 11) is -4.02. The second kappa shape index (κ2) is 7.09. The third-order valence-electron chi connectivity index (χ3n) is 1.80. The molecule has 0 aliphatic rings. The maximum Gasteiger partial charge on any atom is 0.566 e. The third-order valence-corrected chi connectivity index (χ3v) is 3.07. The highest BCUT2D eigenvalue weighted by Crippen LogP contribution is 2.49. The molecule has 1 atom stereocenters. The Balaban J connectivity index is 2.71. The number of hydrogen-bond donors (Lipinski definition) is 0. The van der Waals surface area contributed by atoms with Crippen LogP contribution in [0.15, 0.2) is 42.5 Å². The molecule has 1 aromatic carbocycles. The van der Waals surface area contributed by atoms with Crippen LogP contribution >= 0.6 is 7.82 Å². The van der Waals surface area contributed by atoms with Crippen molar-refractivity contribution in [1.82, 2.24) is 0 Å². The normalized spacial score (nSPS) is 13.4. The van der Waals surface area contributed by atoms with Crippen molar-refractivity contribution in [3.63, 3.8) is 0 Å². The first kappa shape index (κ1) is 15.4. The molecule has 19 heavy (non-hydrogen) atoms. The molecule has 1 unspecified atom stereocenters. The Kier molecular flexibility index (Phi) is 5.76. The standard InChI is InChI=1S/C12H15O6P/c1-4-15-19(14,18-16-12(13)10(2)3)17-11-8-6-5-7-9-11/h5-9H,2,4H2,1,3H3. The van der Waals surface area contributed by atoms with E-state index < -0.39 is 13.8 Å². The molecule has 7 heteroatoms. The number of benzene rings is 1. The third kappa shape index (κ3) is 5.26. The first-order valence-corrected chi connectivity index (χ1v) is 6.98. The number of carbonyl (C=O) groups excluding carboxylic acids is 1. The molecule has 0 aliphatic carbocycles. The van der Waals surface area contributed by atoms with Crippen molar-refractivity contribution < 1.29 is 28.0 Å². The van der Waals surface area contributed by atoms with E-state index in [2.05, 4.69) is 16.1 Å². The summed E-state index contributed by atoms with van der Waals surface area (Å²) in [5.41, 5.74) is 0.0998. The lowest BCUT2D eigenvalue weighted by atomic mass is 10.3. The van der Waals surface area contributed by atoms with Gasteiger partial charge >= 0.3 is 13.8 Å². The quantitative estimate of drug-likeness (QED) is 0.331. The number of carbonyl (C=O) groups is 1. The maximum atomic E-state index is 12.1. The molecule has 0 aromatic heterocycles. The Hall–Kier alpha value is -1.62. The maximum absolute atomic E-state index is 12.1. The summed E-state index contributed by atoms with van der Waals surface area (Å²) >= 11 is 0. The Bertz CT molecular complexity index is 484. The van der Waals surface area contributed by atoms with E-state index in [4.69, 9.17) is 9.05 Å². The van der Waals surface area contributed by atoms with Crippen molar-refractivity contribution in [1.29, 1.82) is 0 Å². The molecule has 0 bridgehead atoms. The summed E-state index contributed by atoms with van der Waals surface area (Å²) in [6.07, 6.45) is 0. The van der Waals surface area contributed by atoms with Gasteiger partial charge in [-0.1, -0.05) is 29.5 Å². The molecule has 0 radical (unpaired) electrons. The zero-order valence-corrected chi connectivity index (χ0v) is 11.6. The molecule has 0 N–H and O–H groups in total. The van der Waals surface area contributed by atoms with Crippen molar-refractivity contribution in [3.05, 3.63) is 42.5 Å². The highest BCUT2D eigenvalue weighted by molar-refractivity contribution is 7.48. The van der Waals surface area contributed by atoms with E-state index >= 15 is 0 Å². The fourth-order valence-corrected chi connectivity index (χ4v) is 1.96. The lowest BCUT2D eigenvalue weighted by molar-refractivity contribution is -0.217. The topological polar surface area (TPSA) is 71.1 Å². The van der Waals surface area contributed by atoms with Crippen molar-refractivity contribution in [3.8, 4) is 5.75 Å². The number of phosphoric acid groups is 1. The van der Waals surface area contributed by atoms with Gasteiger partial charge in [0.15, 0.2) is 0 Å². The summed E-state index contributed by atoms with van der Waals surface area (Å²) in [4.78, 5) is 15.5. The predicted molar refractivity (Wildman–Crippen MR) is 68.3 cm³/mol. The Morgan fingerprint density at radius 3 is 2.47 bits per heavy atom. The van der Waals surface area contributed by atoms with Crippen LogP contribution in [0.4, 0.5) is 0 Å². The van der Waals surface area contributed by atoms with Gasteiger partial charge in [-0.25, -0.2) is 9.36 Å². The average Bonchev–Trinajstić information content (AvgIpc) is 2.37. The van der Waals surface area contributed by atoms with Crippen LogP contribution in [0.25, 0.3) is 0 Å². The highest BCUT2D eigenvalue weighted by Gasteiger charge is 2.31. The lowest BCUT2D eigenvalue weighted by Gasteiger charge is -2.15. The van der Waals surface area contributed by atoms with Crippen LogP contribution in [0.1, 0.15) is 13.8 Å². The summed E-state index contributed by atoms with van der Waals surface area (Å²) < 4.78 is 26.6. The molecule has 0 heterocycles. The van der Waals surface area contributed by atoms with E-state index in [0.717, 1.165) is 0 Å². The number of para-hydroxylation sites is 1. The molecule has 1 aromatic rings. The molecule has 0 amide bonds. The van der Waals surface area contributed by atoms with Gasteiger partial charge < -0.3 is 4.52 Å². The minimum absolute atomic E-state index is 0.0642. The zero-order chi connectivity index (χ0) is 14.3. The summed E-state index contributed by atoms with van der Waals surface area (Å²) in [6, 6.07) is 8.27. The fourth-order valence-electron chi connectivity index (χ4n) is 0.982. The number of rotatable bonds is 7. The summed E-state index contributed by atoms with van der Waals surface area (Å²) in [5, 5.41) is 0. The SMILES string of the molecule is C=C(C)C(=O)OOP(=O)(OCC)Oc1ccccc1. The van der Waals surface area contributed by atoms with Crippen LogP contribution in [0.5, 0.6) is 5.75 Å². The zero-order valence-electron chi connectivity index (χ0n) is 10.7. The predicted octanol–water partition coefficient (Wildman–Crippen LogP) is 3.26. The minimum atomic E-state index is -4.02. The molecule has 0 saturated heterocycles. The first-order chi connectivity index (χ1) is 8.97. The molecular formula is C12H15O6P.